The number of amides is 3. The Morgan fingerprint density at radius 2 is 1.90 bits per heavy atom. The number of halogens is 3. The maximum absolute atomic E-state index is 13.6. The first-order valence-corrected chi connectivity index (χ1v) is 9.20. The molecule has 0 bridgehead atoms. The van der Waals surface area contributed by atoms with Gasteiger partial charge < -0.3 is 5.32 Å². The number of hydrogen-bond donors (Lipinski definition) is 1. The van der Waals surface area contributed by atoms with Gasteiger partial charge in [-0.25, -0.2) is 13.7 Å². The van der Waals surface area contributed by atoms with Crippen LogP contribution in [0.15, 0.2) is 46.7 Å². The van der Waals surface area contributed by atoms with Gasteiger partial charge in [0.05, 0.1) is 10.7 Å². The standard InChI is InChI=1S/C19H14ClF2N5O3/c1-9-2-3-10(6-14(9)22)23-15(28)8-26-17-16(24-25-26)18(29)27(19(17)30)11-4-5-13(21)12(20)7-11/h2-7,16-17H,8H2,1H3,(H,23,28)/t16-,17-/m0/s1. The van der Waals surface area contributed by atoms with Crippen molar-refractivity contribution in [3.63, 3.8) is 0 Å². The molecule has 0 unspecified atom stereocenters. The van der Waals surface area contributed by atoms with Crippen molar-refractivity contribution in [2.75, 3.05) is 16.8 Å². The Morgan fingerprint density at radius 1 is 1.13 bits per heavy atom. The van der Waals surface area contributed by atoms with Crippen LogP contribution in [0.2, 0.25) is 5.02 Å². The molecule has 4 rings (SSSR count). The Morgan fingerprint density at radius 3 is 2.60 bits per heavy atom. The molecule has 0 radical (unpaired) electrons. The van der Waals surface area contributed by atoms with Crippen molar-refractivity contribution in [2.24, 2.45) is 10.3 Å². The fourth-order valence-corrected chi connectivity index (χ4v) is 3.43. The molecule has 1 N–H and O–H groups in total. The van der Waals surface area contributed by atoms with Gasteiger partial charge in [-0.2, -0.15) is 5.11 Å². The van der Waals surface area contributed by atoms with Gasteiger partial charge in [0.15, 0.2) is 12.1 Å². The summed E-state index contributed by atoms with van der Waals surface area (Å²) in [5.41, 5.74) is 0.771. The van der Waals surface area contributed by atoms with Crippen LogP contribution in [0.5, 0.6) is 0 Å². The van der Waals surface area contributed by atoms with Gasteiger partial charge >= 0.3 is 0 Å². The summed E-state index contributed by atoms with van der Waals surface area (Å²) < 4.78 is 27.1. The molecular weight excluding hydrogens is 420 g/mol. The average molecular weight is 434 g/mol. The van der Waals surface area contributed by atoms with Gasteiger partial charge in [-0.05, 0) is 42.8 Å². The van der Waals surface area contributed by atoms with Gasteiger partial charge in [-0.15, -0.1) is 0 Å². The highest BCUT2D eigenvalue weighted by Crippen LogP contribution is 2.33. The number of anilines is 2. The van der Waals surface area contributed by atoms with Crippen LogP contribution in [0.3, 0.4) is 0 Å². The number of carbonyl (C=O) groups is 3. The minimum atomic E-state index is -1.12. The Labute approximate surface area is 174 Å². The van der Waals surface area contributed by atoms with Crippen LogP contribution >= 0.6 is 11.6 Å². The predicted molar refractivity (Wildman–Crippen MR) is 103 cm³/mol. The van der Waals surface area contributed by atoms with E-state index in [0.717, 1.165) is 22.0 Å². The predicted octanol–water partition coefficient (Wildman–Crippen LogP) is 2.86. The molecule has 1 fully saturated rings. The van der Waals surface area contributed by atoms with Crippen molar-refractivity contribution in [1.82, 2.24) is 5.01 Å². The van der Waals surface area contributed by atoms with Gasteiger partial charge in [0.2, 0.25) is 5.91 Å². The van der Waals surface area contributed by atoms with Gasteiger partial charge in [0.25, 0.3) is 11.8 Å². The second-order valence-electron chi connectivity index (χ2n) is 6.81. The van der Waals surface area contributed by atoms with E-state index in [-0.39, 0.29) is 22.9 Å². The Hall–Kier alpha value is -3.40. The lowest BCUT2D eigenvalue weighted by molar-refractivity contribution is -0.123. The minimum absolute atomic E-state index is 0.0977. The monoisotopic (exact) mass is 433 g/mol. The number of benzene rings is 2. The van der Waals surface area contributed by atoms with Crippen LogP contribution in [0.1, 0.15) is 5.56 Å². The van der Waals surface area contributed by atoms with Crippen LogP contribution in [-0.2, 0) is 14.4 Å². The fourth-order valence-electron chi connectivity index (χ4n) is 3.25. The van der Waals surface area contributed by atoms with Crippen LogP contribution in [0.4, 0.5) is 20.2 Å². The summed E-state index contributed by atoms with van der Waals surface area (Å²) in [6.45, 7) is 1.21. The molecule has 30 heavy (non-hydrogen) atoms. The number of imide groups is 1. The minimum Gasteiger partial charge on any atom is -0.324 e. The highest BCUT2D eigenvalue weighted by Gasteiger charge is 2.55. The van der Waals surface area contributed by atoms with E-state index in [1.165, 1.54) is 24.3 Å². The highest BCUT2D eigenvalue weighted by molar-refractivity contribution is 6.32. The van der Waals surface area contributed by atoms with E-state index in [1.54, 1.807) is 6.92 Å². The summed E-state index contributed by atoms with van der Waals surface area (Å²) in [6.07, 6.45) is 0. The van der Waals surface area contributed by atoms with Crippen molar-refractivity contribution >= 4 is 40.7 Å². The summed E-state index contributed by atoms with van der Waals surface area (Å²) in [7, 11) is 0. The van der Waals surface area contributed by atoms with E-state index in [0.29, 0.717) is 5.56 Å². The maximum atomic E-state index is 13.6. The number of carbonyl (C=O) groups excluding carboxylic acids is 3. The molecule has 2 aromatic rings. The highest BCUT2D eigenvalue weighted by atomic mass is 35.5. The normalized spacial score (nSPS) is 20.1. The Balaban J connectivity index is 1.49. The molecule has 2 atom stereocenters. The fraction of sp³-hybridized carbons (Fsp3) is 0.211. The third-order valence-electron chi connectivity index (χ3n) is 4.78. The van der Waals surface area contributed by atoms with Gasteiger partial charge in [-0.1, -0.05) is 22.9 Å². The van der Waals surface area contributed by atoms with E-state index in [9.17, 15) is 23.2 Å². The second kappa shape index (κ2) is 7.45. The number of aryl methyl sites for hydroxylation is 1. The third kappa shape index (κ3) is 3.39. The van der Waals surface area contributed by atoms with Gasteiger partial charge in [0.1, 0.15) is 18.2 Å². The smallest absolute Gasteiger partial charge is 0.263 e. The Kier molecular flexibility index (Phi) is 4.94. The number of rotatable bonds is 4. The molecule has 0 aromatic heterocycles. The SMILES string of the molecule is Cc1ccc(NC(=O)CN2N=N[C@@H]3C(=O)N(c4ccc(F)c(Cl)c4)C(=O)[C@H]32)cc1F. The van der Waals surface area contributed by atoms with Crippen LogP contribution in [0, 0.1) is 18.6 Å². The first-order valence-electron chi connectivity index (χ1n) is 8.82. The summed E-state index contributed by atoms with van der Waals surface area (Å²) in [5.74, 6) is -3.04. The number of nitrogens with one attached hydrogen (secondary N) is 1. The van der Waals surface area contributed by atoms with Gasteiger partial charge in [0, 0.05) is 5.69 Å². The molecule has 2 aliphatic rings. The molecule has 0 saturated carbocycles. The second-order valence-corrected chi connectivity index (χ2v) is 7.22. The zero-order valence-corrected chi connectivity index (χ0v) is 16.2. The number of fused-ring (bicyclic) bond motifs is 1. The molecule has 154 valence electrons. The summed E-state index contributed by atoms with van der Waals surface area (Å²) in [5, 5.41) is 10.9. The van der Waals surface area contributed by atoms with E-state index >= 15 is 0 Å². The van der Waals surface area contributed by atoms with Crippen molar-refractivity contribution in [3.8, 4) is 0 Å². The molecule has 11 heteroatoms. The largest absolute Gasteiger partial charge is 0.324 e. The van der Waals surface area contributed by atoms with Gasteiger partial charge in [-0.3, -0.25) is 19.4 Å². The number of hydrogen-bond acceptors (Lipinski definition) is 6. The van der Waals surface area contributed by atoms with E-state index < -0.39 is 41.4 Å². The Bertz CT molecular complexity index is 1110. The topological polar surface area (TPSA) is 94.4 Å². The van der Waals surface area contributed by atoms with E-state index in [1.807, 2.05) is 0 Å². The molecule has 0 spiro atoms. The van der Waals surface area contributed by atoms with E-state index in [4.69, 9.17) is 11.6 Å². The molecule has 8 nitrogen and oxygen atoms in total. The zero-order chi connectivity index (χ0) is 21.6. The maximum Gasteiger partial charge on any atom is 0.263 e. The molecule has 2 aliphatic heterocycles. The molecular formula is C19H14ClF2N5O3. The van der Waals surface area contributed by atoms with Crippen molar-refractivity contribution < 1.29 is 23.2 Å². The molecule has 3 amide bonds. The lowest BCUT2D eigenvalue weighted by Crippen LogP contribution is -2.43. The molecule has 0 aliphatic carbocycles. The lowest BCUT2D eigenvalue weighted by Gasteiger charge is -2.20. The quantitative estimate of drug-likeness (QED) is 0.750. The van der Waals surface area contributed by atoms with E-state index in [2.05, 4.69) is 15.7 Å². The zero-order valence-electron chi connectivity index (χ0n) is 15.5. The molecule has 2 aromatic carbocycles. The summed E-state index contributed by atoms with van der Waals surface area (Å²) in [4.78, 5) is 38.7. The lowest BCUT2D eigenvalue weighted by atomic mass is 10.1. The first-order chi connectivity index (χ1) is 14.3. The third-order valence-corrected chi connectivity index (χ3v) is 5.07. The summed E-state index contributed by atoms with van der Waals surface area (Å²) >= 11 is 5.75. The number of nitrogens with zero attached hydrogens (tertiary/aromatic N) is 4. The van der Waals surface area contributed by atoms with Crippen molar-refractivity contribution in [3.05, 3.63) is 58.6 Å². The summed E-state index contributed by atoms with van der Waals surface area (Å²) in [6, 6.07) is 5.45. The first kappa shape index (κ1) is 19.9. The average Bonchev–Trinajstić information content (AvgIpc) is 3.21. The van der Waals surface area contributed by atoms with Crippen molar-refractivity contribution in [1.29, 1.82) is 0 Å². The van der Waals surface area contributed by atoms with Crippen LogP contribution < -0.4 is 10.2 Å². The van der Waals surface area contributed by atoms with Crippen LogP contribution in [-0.4, -0.2) is 41.4 Å². The molecule has 2 heterocycles. The molecule has 1 saturated heterocycles. The van der Waals surface area contributed by atoms with Crippen LogP contribution in [0.25, 0.3) is 0 Å². The van der Waals surface area contributed by atoms with Crippen molar-refractivity contribution in [2.45, 2.75) is 19.0 Å².